The molecule has 2 unspecified atom stereocenters. The van der Waals surface area contributed by atoms with E-state index in [4.69, 9.17) is 16.3 Å². The Kier molecular flexibility index (Phi) is 5.14. The maximum atomic E-state index is 13.1. The summed E-state index contributed by atoms with van der Waals surface area (Å²) in [5, 5.41) is 11.5. The van der Waals surface area contributed by atoms with Crippen LogP contribution >= 0.6 is 11.6 Å². The van der Waals surface area contributed by atoms with Gasteiger partial charge in [0.15, 0.2) is 0 Å². The van der Waals surface area contributed by atoms with Crippen molar-refractivity contribution in [2.24, 2.45) is 5.92 Å². The predicted molar refractivity (Wildman–Crippen MR) is 73.8 cm³/mol. The quantitative estimate of drug-likeness (QED) is 0.892. The third-order valence-electron chi connectivity index (χ3n) is 3.40. The fourth-order valence-electron chi connectivity index (χ4n) is 2.27. The molecule has 0 aliphatic carbocycles. The zero-order chi connectivity index (χ0) is 15.4. The largest absolute Gasteiger partial charge is 0.480 e. The smallest absolute Gasteiger partial charge is 0.326 e. The summed E-state index contributed by atoms with van der Waals surface area (Å²) in [4.78, 5) is 23.4. The molecule has 0 saturated carbocycles. The summed E-state index contributed by atoms with van der Waals surface area (Å²) < 4.78 is 18.3. The van der Waals surface area contributed by atoms with Gasteiger partial charge in [-0.2, -0.15) is 0 Å². The molecular formula is C14H15ClFNO4. The molecule has 1 aliphatic rings. The predicted octanol–water partition coefficient (Wildman–Crippen LogP) is 2.09. The molecular weight excluding hydrogens is 301 g/mol. The molecule has 1 aromatic rings. The summed E-state index contributed by atoms with van der Waals surface area (Å²) in [7, 11) is 0. The number of carbonyl (C=O) groups is 2. The maximum absolute atomic E-state index is 13.1. The van der Waals surface area contributed by atoms with Gasteiger partial charge in [-0.05, 0) is 31.0 Å². The summed E-state index contributed by atoms with van der Waals surface area (Å²) in [6, 6.07) is 2.45. The van der Waals surface area contributed by atoms with Crippen LogP contribution in [0.4, 0.5) is 4.39 Å². The number of carbonyl (C=O) groups excluding carboxylic acids is 1. The van der Waals surface area contributed by atoms with Gasteiger partial charge in [-0.1, -0.05) is 11.6 Å². The van der Waals surface area contributed by atoms with E-state index in [0.717, 1.165) is 12.5 Å². The Bertz CT molecular complexity index is 546. The van der Waals surface area contributed by atoms with Crippen LogP contribution in [0.15, 0.2) is 18.2 Å². The monoisotopic (exact) mass is 315 g/mol. The minimum atomic E-state index is -1.12. The number of aliphatic carboxylic acids is 1. The van der Waals surface area contributed by atoms with Crippen LogP contribution in [0.3, 0.4) is 0 Å². The number of hydrogen-bond acceptors (Lipinski definition) is 3. The molecule has 1 amide bonds. The first-order valence-corrected chi connectivity index (χ1v) is 6.93. The fraction of sp³-hybridized carbons (Fsp3) is 0.429. The molecule has 2 N–H and O–H groups in total. The van der Waals surface area contributed by atoms with Gasteiger partial charge in [0.05, 0.1) is 11.6 Å². The first-order chi connectivity index (χ1) is 9.99. The van der Waals surface area contributed by atoms with Crippen molar-refractivity contribution in [3.63, 3.8) is 0 Å². The molecule has 114 valence electrons. The van der Waals surface area contributed by atoms with Gasteiger partial charge in [0.2, 0.25) is 0 Å². The molecule has 2 atom stereocenters. The van der Waals surface area contributed by atoms with Gasteiger partial charge in [0.25, 0.3) is 5.91 Å². The van der Waals surface area contributed by atoms with Crippen LogP contribution in [0, 0.1) is 11.7 Å². The number of hydrogen-bond donors (Lipinski definition) is 2. The summed E-state index contributed by atoms with van der Waals surface area (Å²) in [6.45, 7) is 0.895. The van der Waals surface area contributed by atoms with Crippen molar-refractivity contribution in [2.45, 2.75) is 18.9 Å². The number of nitrogens with one attached hydrogen (secondary N) is 1. The topological polar surface area (TPSA) is 75.6 Å². The molecule has 1 fully saturated rings. The van der Waals surface area contributed by atoms with Gasteiger partial charge in [0, 0.05) is 18.1 Å². The molecule has 1 aromatic carbocycles. The van der Waals surface area contributed by atoms with Gasteiger partial charge in [-0.3, -0.25) is 4.79 Å². The van der Waals surface area contributed by atoms with Gasteiger partial charge < -0.3 is 15.2 Å². The highest BCUT2D eigenvalue weighted by atomic mass is 35.5. The highest BCUT2D eigenvalue weighted by Gasteiger charge is 2.31. The average Bonchev–Trinajstić information content (AvgIpc) is 2.48. The van der Waals surface area contributed by atoms with Crippen molar-refractivity contribution in [2.75, 3.05) is 13.2 Å². The van der Waals surface area contributed by atoms with Gasteiger partial charge >= 0.3 is 5.97 Å². The Labute approximate surface area is 126 Å². The van der Waals surface area contributed by atoms with E-state index < -0.39 is 23.7 Å². The lowest BCUT2D eigenvalue weighted by Crippen LogP contribution is -2.48. The molecule has 1 heterocycles. The van der Waals surface area contributed by atoms with Crippen molar-refractivity contribution in [1.29, 1.82) is 0 Å². The molecule has 0 aromatic heterocycles. The molecule has 0 bridgehead atoms. The number of rotatable bonds is 4. The number of ether oxygens (including phenoxy) is 1. The van der Waals surface area contributed by atoms with Crippen LogP contribution in [0.25, 0.3) is 0 Å². The SMILES string of the molecule is O=C(NC(C(=O)O)C1CCCOC1)c1ccc(F)c(Cl)c1. The van der Waals surface area contributed by atoms with Crippen LogP contribution in [-0.2, 0) is 9.53 Å². The Morgan fingerprint density at radius 1 is 1.48 bits per heavy atom. The van der Waals surface area contributed by atoms with Crippen molar-refractivity contribution in [1.82, 2.24) is 5.32 Å². The Hall–Kier alpha value is -1.66. The zero-order valence-corrected chi connectivity index (χ0v) is 11.9. The van der Waals surface area contributed by atoms with Crippen LogP contribution in [-0.4, -0.2) is 36.2 Å². The highest BCUT2D eigenvalue weighted by molar-refractivity contribution is 6.31. The van der Waals surface area contributed by atoms with Crippen molar-refractivity contribution < 1.29 is 23.8 Å². The number of carboxylic acid groups (broad SMARTS) is 1. The van der Waals surface area contributed by atoms with Crippen LogP contribution < -0.4 is 5.32 Å². The van der Waals surface area contributed by atoms with E-state index in [1.54, 1.807) is 0 Å². The number of amides is 1. The molecule has 5 nitrogen and oxygen atoms in total. The molecule has 0 spiro atoms. The van der Waals surface area contributed by atoms with Gasteiger partial charge in [-0.25, -0.2) is 9.18 Å². The molecule has 1 aliphatic heterocycles. The lowest BCUT2D eigenvalue weighted by atomic mass is 9.93. The maximum Gasteiger partial charge on any atom is 0.326 e. The molecule has 7 heteroatoms. The average molecular weight is 316 g/mol. The van der Waals surface area contributed by atoms with Crippen molar-refractivity contribution in [3.8, 4) is 0 Å². The van der Waals surface area contributed by atoms with E-state index in [1.165, 1.54) is 12.1 Å². The third kappa shape index (κ3) is 3.92. The van der Waals surface area contributed by atoms with Crippen LogP contribution in [0.1, 0.15) is 23.2 Å². The summed E-state index contributed by atoms with van der Waals surface area (Å²) in [5.74, 6) is -2.64. The normalized spacial score (nSPS) is 19.8. The van der Waals surface area contributed by atoms with Crippen LogP contribution in [0.5, 0.6) is 0 Å². The number of benzene rings is 1. The Balaban J connectivity index is 2.10. The van der Waals surface area contributed by atoms with Gasteiger partial charge in [-0.15, -0.1) is 0 Å². The van der Waals surface area contributed by atoms with Crippen molar-refractivity contribution in [3.05, 3.63) is 34.6 Å². The lowest BCUT2D eigenvalue weighted by molar-refractivity contribution is -0.142. The second-order valence-electron chi connectivity index (χ2n) is 4.90. The Morgan fingerprint density at radius 2 is 2.24 bits per heavy atom. The van der Waals surface area contributed by atoms with Crippen LogP contribution in [0.2, 0.25) is 5.02 Å². The van der Waals surface area contributed by atoms with Gasteiger partial charge in [0.1, 0.15) is 11.9 Å². The molecule has 1 saturated heterocycles. The summed E-state index contributed by atoms with van der Waals surface area (Å²) in [6.07, 6.45) is 1.42. The zero-order valence-electron chi connectivity index (χ0n) is 11.1. The molecule has 21 heavy (non-hydrogen) atoms. The first-order valence-electron chi connectivity index (χ1n) is 6.55. The highest BCUT2D eigenvalue weighted by Crippen LogP contribution is 2.19. The lowest BCUT2D eigenvalue weighted by Gasteiger charge is -2.28. The first kappa shape index (κ1) is 15.7. The van der Waals surface area contributed by atoms with E-state index in [2.05, 4.69) is 5.32 Å². The summed E-state index contributed by atoms with van der Waals surface area (Å²) >= 11 is 5.61. The number of carboxylic acids is 1. The molecule has 2 rings (SSSR count). The van der Waals surface area contributed by atoms with E-state index in [-0.39, 0.29) is 16.5 Å². The van der Waals surface area contributed by atoms with E-state index in [9.17, 15) is 19.1 Å². The third-order valence-corrected chi connectivity index (χ3v) is 3.69. The Morgan fingerprint density at radius 3 is 2.81 bits per heavy atom. The molecule has 0 radical (unpaired) electrons. The second kappa shape index (κ2) is 6.87. The van der Waals surface area contributed by atoms with E-state index >= 15 is 0 Å². The van der Waals surface area contributed by atoms with Crippen molar-refractivity contribution >= 4 is 23.5 Å². The van der Waals surface area contributed by atoms with E-state index in [1.807, 2.05) is 0 Å². The van der Waals surface area contributed by atoms with E-state index in [0.29, 0.717) is 19.6 Å². The second-order valence-corrected chi connectivity index (χ2v) is 5.30. The summed E-state index contributed by atoms with van der Waals surface area (Å²) in [5.41, 5.74) is 0.115. The minimum absolute atomic E-state index is 0.115. The number of halogens is 2. The standard InChI is InChI=1S/C14H15ClFNO4/c15-10-6-8(3-4-11(10)16)13(18)17-12(14(19)20)9-2-1-5-21-7-9/h3-4,6,9,12H,1-2,5,7H2,(H,17,18)(H,19,20). The fourth-order valence-corrected chi connectivity index (χ4v) is 2.45. The minimum Gasteiger partial charge on any atom is -0.480 e.